The molecule has 0 aromatic rings. The molecule has 6 heterocycles. The minimum Gasteiger partial charge on any atom is -0.394 e. The first-order chi connectivity index (χ1) is 31.7. The number of ether oxygens (including phenoxy) is 11. The summed E-state index contributed by atoms with van der Waals surface area (Å²) in [6, 6.07) is 0. The molecule has 0 amide bonds. The second kappa shape index (κ2) is 23.5. The molecular formula is C36H62O31. The number of hydrogen-bond donors (Lipinski definition) is 20. The van der Waals surface area contributed by atoms with Gasteiger partial charge < -0.3 is 154 Å². The highest BCUT2D eigenvalue weighted by Crippen LogP contribution is 2.35. The number of rotatable bonds is 16. The molecule has 31 nitrogen and oxygen atoms in total. The van der Waals surface area contributed by atoms with Gasteiger partial charge in [-0.05, 0) is 0 Å². The van der Waals surface area contributed by atoms with Crippen molar-refractivity contribution in [2.75, 3.05) is 39.6 Å². The molecule has 6 rings (SSSR count). The molecule has 0 spiro atoms. The summed E-state index contributed by atoms with van der Waals surface area (Å²) in [5.41, 5.74) is 0. The summed E-state index contributed by atoms with van der Waals surface area (Å²) in [6.07, 6.45) is -57.6. The van der Waals surface area contributed by atoms with Crippen LogP contribution in [0.25, 0.3) is 0 Å². The molecule has 6 saturated heterocycles. The molecule has 30 atom stereocenters. The van der Waals surface area contributed by atoms with Gasteiger partial charge in [0.05, 0.1) is 39.6 Å². The molecule has 0 saturated carbocycles. The average molecular weight is 991 g/mol. The molecule has 20 N–H and O–H groups in total. The Labute approximate surface area is 378 Å². The van der Waals surface area contributed by atoms with Gasteiger partial charge >= 0.3 is 0 Å². The highest BCUT2D eigenvalue weighted by molar-refractivity contribution is 4.98. The molecular weight excluding hydrogens is 928 g/mol. The van der Waals surface area contributed by atoms with E-state index in [0.717, 1.165) is 0 Å². The second-order valence-electron chi connectivity index (χ2n) is 16.8. The van der Waals surface area contributed by atoms with Crippen LogP contribution in [0.4, 0.5) is 0 Å². The third-order valence-electron chi connectivity index (χ3n) is 12.4. The standard InChI is InChI=1S/C36H62O31/c37-1-7-13(41)19(47)24(52)32(60-7)57-5-11-17(45)23(51)29(66-33-25(53)20(48)14(42)8(2-38)61-33)35(64-11)58-6-12-18(46)28(27(55)31(56)59-12)65-36-30(22(50)16(44)10(4-40)63-36)67-34-26(54)21(49)15(43)9(3-39)62-34/h7-56H,1-6H2/t7-,8-,9-,10-,11-,12-,13-,14-,15-,16-,17-,18-,19+,20+,21+,22+,23+,24+,25+,26+,27+,28+,29+,30+,31?,32+,33-,34-,35+,36-/m1/s1. The molecule has 0 radical (unpaired) electrons. The van der Waals surface area contributed by atoms with Crippen molar-refractivity contribution in [3.05, 3.63) is 0 Å². The highest BCUT2D eigenvalue weighted by Gasteiger charge is 2.56. The van der Waals surface area contributed by atoms with Crippen LogP contribution in [0.5, 0.6) is 0 Å². The third-order valence-corrected chi connectivity index (χ3v) is 12.4. The van der Waals surface area contributed by atoms with E-state index in [1.807, 2.05) is 0 Å². The van der Waals surface area contributed by atoms with E-state index in [4.69, 9.17) is 52.1 Å². The van der Waals surface area contributed by atoms with Gasteiger partial charge in [0.15, 0.2) is 37.7 Å². The minimum absolute atomic E-state index is 0.819. The van der Waals surface area contributed by atoms with Crippen LogP contribution >= 0.6 is 0 Å². The Balaban J connectivity index is 1.21. The second-order valence-corrected chi connectivity index (χ2v) is 16.8. The summed E-state index contributed by atoms with van der Waals surface area (Å²) in [6.45, 7) is -5.37. The molecule has 0 aliphatic carbocycles. The van der Waals surface area contributed by atoms with Crippen LogP contribution in [0.15, 0.2) is 0 Å². The summed E-state index contributed by atoms with van der Waals surface area (Å²) in [7, 11) is 0. The fraction of sp³-hybridized carbons (Fsp3) is 1.00. The van der Waals surface area contributed by atoms with Crippen LogP contribution in [0.3, 0.4) is 0 Å². The maximum Gasteiger partial charge on any atom is 0.187 e. The van der Waals surface area contributed by atoms with Gasteiger partial charge in [0.1, 0.15) is 146 Å². The zero-order valence-corrected chi connectivity index (χ0v) is 35.0. The van der Waals surface area contributed by atoms with Crippen molar-refractivity contribution in [1.29, 1.82) is 0 Å². The summed E-state index contributed by atoms with van der Waals surface area (Å²) in [5, 5.41) is 209. The van der Waals surface area contributed by atoms with Gasteiger partial charge in [-0.3, -0.25) is 0 Å². The monoisotopic (exact) mass is 990 g/mol. The Morgan fingerprint density at radius 2 is 0.567 bits per heavy atom. The third kappa shape index (κ3) is 11.5. The van der Waals surface area contributed by atoms with Crippen molar-refractivity contribution >= 4 is 0 Å². The molecule has 0 bridgehead atoms. The molecule has 0 aromatic carbocycles. The molecule has 6 fully saturated rings. The van der Waals surface area contributed by atoms with Crippen LogP contribution in [0.1, 0.15) is 0 Å². The Morgan fingerprint density at radius 1 is 0.254 bits per heavy atom. The van der Waals surface area contributed by atoms with Gasteiger partial charge in [-0.2, -0.15) is 0 Å². The van der Waals surface area contributed by atoms with Crippen LogP contribution in [-0.4, -0.2) is 326 Å². The van der Waals surface area contributed by atoms with E-state index in [0.29, 0.717) is 0 Å². The zero-order valence-electron chi connectivity index (χ0n) is 35.0. The minimum atomic E-state index is -2.25. The molecule has 0 aromatic heterocycles. The Morgan fingerprint density at radius 3 is 1.01 bits per heavy atom. The van der Waals surface area contributed by atoms with E-state index in [9.17, 15) is 102 Å². The van der Waals surface area contributed by atoms with Crippen LogP contribution in [0, 0.1) is 0 Å². The van der Waals surface area contributed by atoms with Gasteiger partial charge in [0.2, 0.25) is 0 Å². The molecule has 6 aliphatic heterocycles. The lowest BCUT2D eigenvalue weighted by Gasteiger charge is -2.48. The zero-order chi connectivity index (χ0) is 49.3. The summed E-state index contributed by atoms with van der Waals surface area (Å²) < 4.78 is 61.1. The first kappa shape index (κ1) is 55.1. The van der Waals surface area contributed by atoms with E-state index in [-0.39, 0.29) is 0 Å². The van der Waals surface area contributed by atoms with Crippen LogP contribution < -0.4 is 0 Å². The van der Waals surface area contributed by atoms with Crippen molar-refractivity contribution in [2.45, 2.75) is 184 Å². The lowest BCUT2D eigenvalue weighted by Crippen LogP contribution is -2.67. The van der Waals surface area contributed by atoms with Gasteiger partial charge in [-0.15, -0.1) is 0 Å². The molecule has 392 valence electrons. The lowest BCUT2D eigenvalue weighted by atomic mass is 9.96. The Bertz CT molecular complexity index is 1500. The Kier molecular flexibility index (Phi) is 19.4. The van der Waals surface area contributed by atoms with E-state index >= 15 is 0 Å². The van der Waals surface area contributed by atoms with Crippen molar-refractivity contribution in [2.24, 2.45) is 0 Å². The van der Waals surface area contributed by atoms with Crippen LogP contribution in [-0.2, 0) is 52.1 Å². The predicted molar refractivity (Wildman–Crippen MR) is 199 cm³/mol. The summed E-state index contributed by atoms with van der Waals surface area (Å²) in [5.74, 6) is 0. The van der Waals surface area contributed by atoms with Gasteiger partial charge in [0, 0.05) is 0 Å². The smallest absolute Gasteiger partial charge is 0.187 e. The van der Waals surface area contributed by atoms with Crippen molar-refractivity contribution in [3.8, 4) is 0 Å². The quantitative estimate of drug-likeness (QED) is 0.0683. The lowest BCUT2D eigenvalue weighted by molar-refractivity contribution is -0.391. The average Bonchev–Trinajstić information content (AvgIpc) is 3.31. The van der Waals surface area contributed by atoms with Crippen molar-refractivity contribution < 1.29 is 154 Å². The molecule has 6 aliphatic rings. The number of aliphatic hydroxyl groups excluding tert-OH is 20. The van der Waals surface area contributed by atoms with Gasteiger partial charge in [-0.1, -0.05) is 0 Å². The fourth-order valence-electron chi connectivity index (χ4n) is 8.26. The maximum absolute atomic E-state index is 11.5. The normalized spacial score (nSPS) is 53.4. The van der Waals surface area contributed by atoms with Gasteiger partial charge in [0.25, 0.3) is 0 Å². The Hall–Kier alpha value is -1.24. The first-order valence-electron chi connectivity index (χ1n) is 21.1. The molecule has 67 heavy (non-hydrogen) atoms. The largest absolute Gasteiger partial charge is 0.394 e. The van der Waals surface area contributed by atoms with Crippen LogP contribution in [0.2, 0.25) is 0 Å². The predicted octanol–water partition coefficient (Wildman–Crippen LogP) is -14.1. The fourth-order valence-corrected chi connectivity index (χ4v) is 8.26. The topological polar surface area (TPSA) is 506 Å². The van der Waals surface area contributed by atoms with Gasteiger partial charge in [-0.25, -0.2) is 0 Å². The van der Waals surface area contributed by atoms with Crippen molar-refractivity contribution in [3.63, 3.8) is 0 Å². The summed E-state index contributed by atoms with van der Waals surface area (Å²) >= 11 is 0. The SMILES string of the molecule is OC[C@H]1O[C@H](OC[C@H]2O[C@H](OC[C@H]3OC(O)[C@@H](O)[C@@H](O[C@H]4O[C@H](CO)[C@@H](O)[C@H](O)[C@@H]4O[C@H]4O[C@H](CO)[C@@H](O)[C@H](O)[C@@H]4O)[C@@H]3O)[C@@H](O[C@H]3O[C@H](CO)[C@@H](O)[C@H](O)[C@@H]3O)[C@@H](O)[C@@H]2O)[C@@H](O)[C@@H](O)[C@@H]1O. The van der Waals surface area contributed by atoms with E-state index < -0.39 is 224 Å². The molecule has 31 heteroatoms. The number of aliphatic hydroxyl groups is 20. The number of hydrogen-bond acceptors (Lipinski definition) is 31. The highest BCUT2D eigenvalue weighted by atomic mass is 16.8. The van der Waals surface area contributed by atoms with Crippen molar-refractivity contribution in [1.82, 2.24) is 0 Å². The van der Waals surface area contributed by atoms with E-state index in [2.05, 4.69) is 0 Å². The van der Waals surface area contributed by atoms with E-state index in [1.165, 1.54) is 0 Å². The first-order valence-corrected chi connectivity index (χ1v) is 21.1. The van der Waals surface area contributed by atoms with E-state index in [1.54, 1.807) is 0 Å². The maximum atomic E-state index is 11.5. The summed E-state index contributed by atoms with van der Waals surface area (Å²) in [4.78, 5) is 0. The molecule has 1 unspecified atom stereocenters.